The maximum Gasteiger partial charge on any atom is 0.321 e. The number of thiophene rings is 1. The van der Waals surface area contributed by atoms with E-state index in [0.29, 0.717) is 16.8 Å². The minimum atomic E-state index is -0.595. The molecular weight excluding hydrogens is 368 g/mol. The van der Waals surface area contributed by atoms with Crippen LogP contribution in [0.25, 0.3) is 20.7 Å². The van der Waals surface area contributed by atoms with E-state index in [-0.39, 0.29) is 12.1 Å². The van der Waals surface area contributed by atoms with E-state index < -0.39 is 11.9 Å². The van der Waals surface area contributed by atoms with Gasteiger partial charge in [0.2, 0.25) is 5.91 Å². The highest BCUT2D eigenvalue weighted by atomic mass is 32.1. The molecule has 8 nitrogen and oxygen atoms in total. The zero-order valence-corrected chi connectivity index (χ0v) is 15.6. The normalized spacial score (nSPS) is 10.6. The Labute approximate surface area is 158 Å². The molecule has 3 amide bonds. The Morgan fingerprint density at radius 3 is 2.67 bits per heavy atom. The summed E-state index contributed by atoms with van der Waals surface area (Å²) in [7, 11) is 1.60. The first-order valence-corrected chi connectivity index (χ1v) is 9.04. The standard InChI is InChI=1S/C18H18N4O4S/c1-3-19-18(25)21-15(23)9-22-10-20-13-8-14(27-16(13)17(22)24)11-4-6-12(26-2)7-5-11/h4-8,10H,3,9H2,1-2H3,(H2,19,21,23,25). The zero-order valence-electron chi connectivity index (χ0n) is 14.8. The van der Waals surface area contributed by atoms with Gasteiger partial charge in [-0.1, -0.05) is 0 Å². The zero-order chi connectivity index (χ0) is 19.4. The lowest BCUT2D eigenvalue weighted by atomic mass is 10.2. The molecule has 0 aliphatic carbocycles. The number of ether oxygens (including phenoxy) is 1. The van der Waals surface area contributed by atoms with Crippen LogP contribution in [0.1, 0.15) is 6.92 Å². The van der Waals surface area contributed by atoms with E-state index in [1.165, 1.54) is 22.2 Å². The molecule has 2 heterocycles. The van der Waals surface area contributed by atoms with Gasteiger partial charge in [0.1, 0.15) is 17.0 Å². The number of hydrogen-bond acceptors (Lipinski definition) is 6. The number of imide groups is 1. The van der Waals surface area contributed by atoms with E-state index >= 15 is 0 Å². The molecule has 2 N–H and O–H groups in total. The van der Waals surface area contributed by atoms with Crippen LogP contribution < -0.4 is 20.9 Å². The molecule has 3 aromatic rings. The molecule has 0 bridgehead atoms. The highest BCUT2D eigenvalue weighted by Crippen LogP contribution is 2.31. The molecule has 0 atom stereocenters. The van der Waals surface area contributed by atoms with Gasteiger partial charge in [-0.2, -0.15) is 0 Å². The Kier molecular flexibility index (Phi) is 5.51. The molecular formula is C18H18N4O4S. The number of amides is 3. The van der Waals surface area contributed by atoms with Gasteiger partial charge in [-0.3, -0.25) is 19.5 Å². The van der Waals surface area contributed by atoms with Crippen molar-refractivity contribution in [3.05, 3.63) is 47.0 Å². The number of carbonyl (C=O) groups excluding carboxylic acids is 2. The highest BCUT2D eigenvalue weighted by molar-refractivity contribution is 7.22. The topological polar surface area (TPSA) is 102 Å². The van der Waals surface area contributed by atoms with Gasteiger partial charge in [-0.15, -0.1) is 11.3 Å². The molecule has 2 aromatic heterocycles. The fourth-order valence-corrected chi connectivity index (χ4v) is 3.55. The molecule has 0 aliphatic heterocycles. The van der Waals surface area contributed by atoms with Crippen molar-refractivity contribution >= 4 is 33.5 Å². The van der Waals surface area contributed by atoms with Gasteiger partial charge in [0.05, 0.1) is 19.0 Å². The molecule has 0 unspecified atom stereocenters. The predicted molar refractivity (Wildman–Crippen MR) is 103 cm³/mol. The summed E-state index contributed by atoms with van der Waals surface area (Å²) in [5, 5.41) is 4.62. The molecule has 27 heavy (non-hydrogen) atoms. The summed E-state index contributed by atoms with van der Waals surface area (Å²) in [4.78, 5) is 41.1. The number of rotatable bonds is 5. The van der Waals surface area contributed by atoms with Crippen LogP contribution in [-0.2, 0) is 11.3 Å². The van der Waals surface area contributed by atoms with Crippen molar-refractivity contribution in [2.75, 3.05) is 13.7 Å². The number of hydrogen-bond donors (Lipinski definition) is 2. The predicted octanol–water partition coefficient (Wildman–Crippen LogP) is 1.98. The second-order valence-corrected chi connectivity index (χ2v) is 6.69. The fourth-order valence-electron chi connectivity index (χ4n) is 2.48. The van der Waals surface area contributed by atoms with Crippen LogP contribution in [0.2, 0.25) is 0 Å². The number of nitrogens with one attached hydrogen (secondary N) is 2. The first-order valence-electron chi connectivity index (χ1n) is 8.23. The van der Waals surface area contributed by atoms with Crippen LogP contribution >= 0.6 is 11.3 Å². The van der Waals surface area contributed by atoms with Crippen LogP contribution in [0.4, 0.5) is 4.79 Å². The Morgan fingerprint density at radius 1 is 1.26 bits per heavy atom. The van der Waals surface area contributed by atoms with Crippen LogP contribution in [0.3, 0.4) is 0 Å². The Hall–Kier alpha value is -3.20. The first kappa shape index (κ1) is 18.6. The summed E-state index contributed by atoms with van der Waals surface area (Å²) < 4.78 is 6.79. The van der Waals surface area contributed by atoms with Crippen LogP contribution in [-0.4, -0.2) is 35.1 Å². The summed E-state index contributed by atoms with van der Waals surface area (Å²) in [6, 6.07) is 8.74. The van der Waals surface area contributed by atoms with Crippen LogP contribution in [0.15, 0.2) is 41.5 Å². The van der Waals surface area contributed by atoms with E-state index in [2.05, 4.69) is 15.6 Å². The first-order chi connectivity index (χ1) is 13.0. The van der Waals surface area contributed by atoms with Gasteiger partial charge >= 0.3 is 6.03 Å². The van der Waals surface area contributed by atoms with Crippen molar-refractivity contribution in [1.82, 2.24) is 20.2 Å². The van der Waals surface area contributed by atoms with Crippen molar-refractivity contribution < 1.29 is 14.3 Å². The number of aromatic nitrogens is 2. The highest BCUT2D eigenvalue weighted by Gasteiger charge is 2.13. The molecule has 0 aliphatic rings. The van der Waals surface area contributed by atoms with Gasteiger partial charge in [0.25, 0.3) is 5.56 Å². The summed E-state index contributed by atoms with van der Waals surface area (Å²) in [6.45, 7) is 1.86. The van der Waals surface area contributed by atoms with E-state index in [1.807, 2.05) is 30.3 Å². The second-order valence-electron chi connectivity index (χ2n) is 5.64. The molecule has 0 fully saturated rings. The third-order valence-electron chi connectivity index (χ3n) is 3.78. The van der Waals surface area contributed by atoms with Crippen molar-refractivity contribution in [2.24, 2.45) is 0 Å². The van der Waals surface area contributed by atoms with Crippen molar-refractivity contribution in [2.45, 2.75) is 13.5 Å². The lowest BCUT2D eigenvalue weighted by Gasteiger charge is -2.06. The number of fused-ring (bicyclic) bond motifs is 1. The summed E-state index contributed by atoms with van der Waals surface area (Å²) >= 11 is 1.31. The van der Waals surface area contributed by atoms with Crippen LogP contribution in [0, 0.1) is 0 Å². The molecule has 0 saturated heterocycles. The van der Waals surface area contributed by atoms with E-state index in [0.717, 1.165) is 16.2 Å². The number of urea groups is 1. The van der Waals surface area contributed by atoms with Gasteiger partial charge in [0, 0.05) is 11.4 Å². The SMILES string of the molecule is CCNC(=O)NC(=O)Cn1cnc2cc(-c3ccc(OC)cc3)sc2c1=O. The average Bonchev–Trinajstić information content (AvgIpc) is 3.09. The molecule has 140 valence electrons. The lowest BCUT2D eigenvalue weighted by molar-refractivity contribution is -0.120. The quantitative estimate of drug-likeness (QED) is 0.698. The van der Waals surface area contributed by atoms with E-state index in [9.17, 15) is 14.4 Å². The molecule has 0 spiro atoms. The summed E-state index contributed by atoms with van der Waals surface area (Å²) in [5.41, 5.74) is 1.19. The molecule has 9 heteroatoms. The van der Waals surface area contributed by atoms with E-state index in [1.54, 1.807) is 14.0 Å². The minimum absolute atomic E-state index is 0.283. The average molecular weight is 386 g/mol. The van der Waals surface area contributed by atoms with Gasteiger partial charge < -0.3 is 10.1 Å². The van der Waals surface area contributed by atoms with E-state index in [4.69, 9.17) is 4.74 Å². The second kappa shape index (κ2) is 8.00. The lowest BCUT2D eigenvalue weighted by Crippen LogP contribution is -2.42. The third kappa shape index (κ3) is 4.14. The monoisotopic (exact) mass is 386 g/mol. The van der Waals surface area contributed by atoms with Gasteiger partial charge in [0.15, 0.2) is 0 Å². The Bertz CT molecular complexity index is 1040. The van der Waals surface area contributed by atoms with Gasteiger partial charge in [-0.05, 0) is 42.8 Å². The minimum Gasteiger partial charge on any atom is -0.497 e. The summed E-state index contributed by atoms with van der Waals surface area (Å²) in [6.07, 6.45) is 1.31. The molecule has 1 aromatic carbocycles. The number of nitrogens with zero attached hydrogens (tertiary/aromatic N) is 2. The molecule has 0 saturated carbocycles. The van der Waals surface area contributed by atoms with Gasteiger partial charge in [-0.25, -0.2) is 9.78 Å². The van der Waals surface area contributed by atoms with Crippen molar-refractivity contribution in [3.63, 3.8) is 0 Å². The van der Waals surface area contributed by atoms with Crippen molar-refractivity contribution in [3.8, 4) is 16.2 Å². The third-order valence-corrected chi connectivity index (χ3v) is 4.94. The van der Waals surface area contributed by atoms with Crippen LogP contribution in [0.5, 0.6) is 5.75 Å². The Morgan fingerprint density at radius 2 is 2.00 bits per heavy atom. The number of benzene rings is 1. The smallest absolute Gasteiger partial charge is 0.321 e. The number of carbonyl (C=O) groups is 2. The molecule has 0 radical (unpaired) electrons. The van der Waals surface area contributed by atoms with Crippen molar-refractivity contribution in [1.29, 1.82) is 0 Å². The Balaban J connectivity index is 1.85. The fraction of sp³-hybridized carbons (Fsp3) is 0.222. The largest absolute Gasteiger partial charge is 0.497 e. The summed E-state index contributed by atoms with van der Waals surface area (Å²) in [5.74, 6) is 0.162. The maximum absolute atomic E-state index is 12.7. The number of methoxy groups -OCH3 is 1. The molecule has 3 rings (SSSR count). The maximum atomic E-state index is 12.7.